The maximum absolute atomic E-state index is 12.1. The van der Waals surface area contributed by atoms with E-state index in [9.17, 15) is 9.59 Å². The molecule has 0 unspecified atom stereocenters. The Labute approximate surface area is 116 Å². The number of aromatic amines is 2. The van der Waals surface area contributed by atoms with Crippen LogP contribution in [0.3, 0.4) is 0 Å². The predicted molar refractivity (Wildman–Crippen MR) is 72.4 cm³/mol. The van der Waals surface area contributed by atoms with Gasteiger partial charge in [0.2, 0.25) is 12.0 Å². The zero-order chi connectivity index (χ0) is 14.5. The van der Waals surface area contributed by atoms with Crippen molar-refractivity contribution in [3.8, 4) is 0 Å². The number of nitrogens with one attached hydrogen (secondary N) is 3. The molecular formula is C14H16N3O3+. The molecule has 1 aromatic heterocycles. The van der Waals surface area contributed by atoms with Crippen LogP contribution >= 0.6 is 0 Å². The summed E-state index contributed by atoms with van der Waals surface area (Å²) in [6.07, 6.45) is 1.41. The van der Waals surface area contributed by atoms with Crippen molar-refractivity contribution in [2.45, 2.75) is 13.8 Å². The highest BCUT2D eigenvalue weighted by atomic mass is 16.5. The van der Waals surface area contributed by atoms with Gasteiger partial charge in [-0.1, -0.05) is 17.7 Å². The molecule has 0 aliphatic rings. The summed E-state index contributed by atoms with van der Waals surface area (Å²) in [7, 11) is 0. The first-order valence-corrected chi connectivity index (χ1v) is 6.26. The van der Waals surface area contributed by atoms with Gasteiger partial charge in [-0.2, -0.15) is 0 Å². The van der Waals surface area contributed by atoms with Crippen molar-refractivity contribution >= 4 is 17.6 Å². The highest BCUT2D eigenvalue weighted by molar-refractivity contribution is 6.07. The van der Waals surface area contributed by atoms with E-state index >= 15 is 0 Å². The number of carbonyl (C=O) groups is 2. The van der Waals surface area contributed by atoms with Crippen LogP contribution in [0.1, 0.15) is 33.5 Å². The van der Waals surface area contributed by atoms with E-state index < -0.39 is 11.9 Å². The number of benzene rings is 1. The molecule has 104 valence electrons. The number of ether oxygens (including phenoxy) is 1. The fourth-order valence-electron chi connectivity index (χ4n) is 1.70. The number of hydrogen-bond donors (Lipinski definition) is 2. The Morgan fingerprint density at radius 2 is 2.00 bits per heavy atom. The molecule has 0 atom stereocenters. The van der Waals surface area contributed by atoms with E-state index in [0.717, 1.165) is 5.56 Å². The lowest BCUT2D eigenvalue weighted by atomic mass is 10.2. The molecule has 6 nitrogen and oxygen atoms in total. The molecule has 2 aromatic rings. The Balaban J connectivity index is 2.15. The summed E-state index contributed by atoms with van der Waals surface area (Å²) in [5.41, 5.74) is 2.01. The number of esters is 1. The normalized spacial score (nSPS) is 10.1. The average Bonchev–Trinajstić information content (AvgIpc) is 2.91. The van der Waals surface area contributed by atoms with Crippen LogP contribution in [-0.4, -0.2) is 23.5 Å². The van der Waals surface area contributed by atoms with Crippen molar-refractivity contribution < 1.29 is 19.3 Å². The van der Waals surface area contributed by atoms with Gasteiger partial charge in [-0.05, 0) is 26.0 Å². The van der Waals surface area contributed by atoms with E-state index in [4.69, 9.17) is 4.74 Å². The SMILES string of the molecule is CCOC(=O)c1[nH]c[nH+]c1C(=O)Nc1ccc(C)cc1. The maximum atomic E-state index is 12.1. The molecule has 0 spiro atoms. The van der Waals surface area contributed by atoms with Gasteiger partial charge in [0.1, 0.15) is 0 Å². The third-order valence-corrected chi connectivity index (χ3v) is 2.70. The van der Waals surface area contributed by atoms with Crippen molar-refractivity contribution in [1.29, 1.82) is 0 Å². The summed E-state index contributed by atoms with van der Waals surface area (Å²) in [6, 6.07) is 7.37. The van der Waals surface area contributed by atoms with Crippen LogP contribution in [0.15, 0.2) is 30.6 Å². The number of carbonyl (C=O) groups excluding carboxylic acids is 2. The molecule has 1 amide bonds. The summed E-state index contributed by atoms with van der Waals surface area (Å²) >= 11 is 0. The molecule has 0 radical (unpaired) electrons. The summed E-state index contributed by atoms with van der Waals surface area (Å²) in [6.45, 7) is 3.91. The Morgan fingerprint density at radius 3 is 2.65 bits per heavy atom. The first kappa shape index (κ1) is 13.8. The Morgan fingerprint density at radius 1 is 1.30 bits per heavy atom. The number of amides is 1. The largest absolute Gasteiger partial charge is 0.460 e. The van der Waals surface area contributed by atoms with Crippen molar-refractivity contribution in [1.82, 2.24) is 4.98 Å². The van der Waals surface area contributed by atoms with Crippen molar-refractivity contribution in [2.75, 3.05) is 11.9 Å². The summed E-state index contributed by atoms with van der Waals surface area (Å²) in [5.74, 6) is -0.971. The summed E-state index contributed by atoms with van der Waals surface area (Å²) in [5, 5.41) is 2.71. The van der Waals surface area contributed by atoms with Crippen LogP contribution in [0.25, 0.3) is 0 Å². The van der Waals surface area contributed by atoms with Crippen LogP contribution in [0.5, 0.6) is 0 Å². The molecule has 0 fully saturated rings. The van der Waals surface area contributed by atoms with Gasteiger partial charge in [-0.25, -0.2) is 14.8 Å². The number of hydrogen-bond acceptors (Lipinski definition) is 3. The van der Waals surface area contributed by atoms with Gasteiger partial charge in [0.05, 0.1) is 6.61 Å². The lowest BCUT2D eigenvalue weighted by Gasteiger charge is -2.03. The summed E-state index contributed by atoms with van der Waals surface area (Å²) < 4.78 is 4.87. The van der Waals surface area contributed by atoms with Gasteiger partial charge in [0.25, 0.3) is 11.6 Å². The number of aryl methyl sites for hydroxylation is 1. The first-order valence-electron chi connectivity index (χ1n) is 6.26. The van der Waals surface area contributed by atoms with Gasteiger partial charge < -0.3 is 10.1 Å². The quantitative estimate of drug-likeness (QED) is 0.830. The molecule has 1 heterocycles. The van der Waals surface area contributed by atoms with E-state index in [0.29, 0.717) is 5.69 Å². The van der Waals surface area contributed by atoms with Crippen molar-refractivity contribution in [3.05, 3.63) is 47.5 Å². The Hall–Kier alpha value is -2.63. The standard InChI is InChI=1S/C14H15N3O3/c1-3-20-14(19)12-11(15-8-16-12)13(18)17-10-6-4-9(2)5-7-10/h4-8H,3H2,1-2H3,(H,15,16)(H,17,18)/p+1. The van der Waals surface area contributed by atoms with Crippen molar-refractivity contribution in [3.63, 3.8) is 0 Å². The number of H-pyrrole nitrogens is 2. The van der Waals surface area contributed by atoms with E-state index in [-0.39, 0.29) is 18.0 Å². The minimum absolute atomic E-state index is 0.108. The maximum Gasteiger partial charge on any atom is 0.383 e. The smallest absolute Gasteiger partial charge is 0.383 e. The first-order chi connectivity index (χ1) is 9.61. The van der Waals surface area contributed by atoms with Crippen LogP contribution in [-0.2, 0) is 4.74 Å². The zero-order valence-corrected chi connectivity index (χ0v) is 11.3. The third-order valence-electron chi connectivity index (χ3n) is 2.70. The monoisotopic (exact) mass is 274 g/mol. The molecule has 0 aliphatic carbocycles. The molecule has 0 aliphatic heterocycles. The van der Waals surface area contributed by atoms with Gasteiger partial charge in [0, 0.05) is 5.69 Å². The van der Waals surface area contributed by atoms with Gasteiger partial charge >= 0.3 is 5.97 Å². The highest BCUT2D eigenvalue weighted by Gasteiger charge is 2.26. The van der Waals surface area contributed by atoms with E-state index in [2.05, 4.69) is 15.3 Å². The molecular weight excluding hydrogens is 258 g/mol. The Kier molecular flexibility index (Phi) is 4.14. The molecule has 0 bridgehead atoms. The molecule has 0 saturated carbocycles. The van der Waals surface area contributed by atoms with Crippen LogP contribution in [0.4, 0.5) is 5.69 Å². The minimum Gasteiger partial charge on any atom is -0.460 e. The second-order valence-corrected chi connectivity index (χ2v) is 4.22. The van der Waals surface area contributed by atoms with E-state index in [1.807, 2.05) is 19.1 Å². The Bertz CT molecular complexity index is 617. The molecule has 0 saturated heterocycles. The number of rotatable bonds is 4. The number of anilines is 1. The minimum atomic E-state index is -0.567. The third kappa shape index (κ3) is 3.03. The number of imidazole rings is 1. The molecule has 20 heavy (non-hydrogen) atoms. The number of aromatic nitrogens is 2. The average molecular weight is 274 g/mol. The van der Waals surface area contributed by atoms with Crippen molar-refractivity contribution in [2.24, 2.45) is 0 Å². The highest BCUT2D eigenvalue weighted by Crippen LogP contribution is 2.11. The topological polar surface area (TPSA) is 85.3 Å². The van der Waals surface area contributed by atoms with Gasteiger partial charge in [0.15, 0.2) is 0 Å². The zero-order valence-electron chi connectivity index (χ0n) is 11.3. The summed E-state index contributed by atoms with van der Waals surface area (Å²) in [4.78, 5) is 29.2. The molecule has 1 aromatic carbocycles. The van der Waals surface area contributed by atoms with Crippen LogP contribution in [0, 0.1) is 6.92 Å². The second-order valence-electron chi connectivity index (χ2n) is 4.22. The van der Waals surface area contributed by atoms with Crippen LogP contribution in [0.2, 0.25) is 0 Å². The fraction of sp³-hybridized carbons (Fsp3) is 0.214. The van der Waals surface area contributed by atoms with Gasteiger partial charge in [-0.3, -0.25) is 4.79 Å². The molecule has 6 heteroatoms. The van der Waals surface area contributed by atoms with Gasteiger partial charge in [-0.15, -0.1) is 0 Å². The lowest BCUT2D eigenvalue weighted by Crippen LogP contribution is -2.23. The predicted octanol–water partition coefficient (Wildman–Crippen LogP) is 1.57. The van der Waals surface area contributed by atoms with E-state index in [1.54, 1.807) is 19.1 Å². The van der Waals surface area contributed by atoms with E-state index in [1.165, 1.54) is 6.33 Å². The molecule has 2 rings (SSSR count). The fourth-order valence-corrected chi connectivity index (χ4v) is 1.70. The lowest BCUT2D eigenvalue weighted by molar-refractivity contribution is -0.379. The van der Waals surface area contributed by atoms with Crippen LogP contribution < -0.4 is 10.3 Å². The second kappa shape index (κ2) is 6.01. The molecule has 3 N–H and O–H groups in total.